The molecule has 0 aliphatic heterocycles. The summed E-state index contributed by atoms with van der Waals surface area (Å²) in [5.74, 6) is 0. The smallest absolute Gasteiger partial charge is 0.0907 e. The van der Waals surface area contributed by atoms with Crippen molar-refractivity contribution in [3.05, 3.63) is 33.3 Å². The van der Waals surface area contributed by atoms with E-state index in [2.05, 4.69) is 15.9 Å². The van der Waals surface area contributed by atoms with E-state index in [1.54, 1.807) is 0 Å². The van der Waals surface area contributed by atoms with Crippen molar-refractivity contribution < 1.29 is 5.11 Å². The highest BCUT2D eigenvalue weighted by Gasteiger charge is 2.37. The van der Waals surface area contributed by atoms with Crippen LogP contribution in [0.4, 0.5) is 0 Å². The third kappa shape index (κ3) is 1.63. The summed E-state index contributed by atoms with van der Waals surface area (Å²) in [6, 6.07) is 5.54. The quantitative estimate of drug-likeness (QED) is 0.821. The van der Waals surface area contributed by atoms with E-state index in [1.165, 1.54) is 0 Å². The molecule has 1 aliphatic carbocycles. The van der Waals surface area contributed by atoms with E-state index < -0.39 is 5.60 Å². The lowest BCUT2D eigenvalue weighted by Gasteiger charge is -2.37. The van der Waals surface area contributed by atoms with E-state index in [4.69, 9.17) is 11.6 Å². The molecule has 0 heterocycles. The highest BCUT2D eigenvalue weighted by Crippen LogP contribution is 2.44. The lowest BCUT2D eigenvalue weighted by molar-refractivity contribution is -0.0394. The SMILES string of the molecule is OC1(c2ccc(Cl)cc2Br)CCC1. The Labute approximate surface area is 90.9 Å². The third-order valence-electron chi connectivity index (χ3n) is 2.61. The number of aliphatic hydroxyl groups is 1. The molecular weight excluding hydrogens is 251 g/mol. The summed E-state index contributed by atoms with van der Waals surface area (Å²) in [7, 11) is 0. The average molecular weight is 262 g/mol. The molecule has 1 aromatic carbocycles. The molecule has 1 N–H and O–H groups in total. The normalized spacial score (nSPS) is 19.6. The Morgan fingerprint density at radius 2 is 2.08 bits per heavy atom. The summed E-state index contributed by atoms with van der Waals surface area (Å²) in [6.45, 7) is 0. The van der Waals surface area contributed by atoms with Crippen LogP contribution in [0.15, 0.2) is 22.7 Å². The second-order valence-corrected chi connectivity index (χ2v) is 4.80. The molecular formula is C10H10BrClO. The molecule has 0 bridgehead atoms. The zero-order chi connectivity index (χ0) is 9.47. The van der Waals surface area contributed by atoms with Gasteiger partial charge in [0.1, 0.15) is 0 Å². The van der Waals surface area contributed by atoms with Crippen molar-refractivity contribution in [2.24, 2.45) is 0 Å². The Kier molecular flexibility index (Phi) is 2.39. The fraction of sp³-hybridized carbons (Fsp3) is 0.400. The molecule has 0 unspecified atom stereocenters. The first-order valence-electron chi connectivity index (χ1n) is 4.30. The highest BCUT2D eigenvalue weighted by molar-refractivity contribution is 9.10. The number of benzene rings is 1. The summed E-state index contributed by atoms with van der Waals surface area (Å²) in [4.78, 5) is 0. The monoisotopic (exact) mass is 260 g/mol. The van der Waals surface area contributed by atoms with Gasteiger partial charge in [0, 0.05) is 9.50 Å². The molecule has 1 saturated carbocycles. The van der Waals surface area contributed by atoms with Crippen molar-refractivity contribution in [3.8, 4) is 0 Å². The van der Waals surface area contributed by atoms with Crippen LogP contribution in [0.5, 0.6) is 0 Å². The summed E-state index contributed by atoms with van der Waals surface area (Å²) < 4.78 is 0.905. The van der Waals surface area contributed by atoms with E-state index in [0.29, 0.717) is 5.02 Å². The molecule has 0 amide bonds. The summed E-state index contributed by atoms with van der Waals surface area (Å²) in [5.41, 5.74) is 0.354. The maximum atomic E-state index is 10.1. The lowest BCUT2D eigenvalue weighted by atomic mass is 9.75. The van der Waals surface area contributed by atoms with Gasteiger partial charge < -0.3 is 5.11 Å². The second-order valence-electron chi connectivity index (χ2n) is 3.51. The van der Waals surface area contributed by atoms with Gasteiger partial charge in [-0.25, -0.2) is 0 Å². The molecule has 0 spiro atoms. The van der Waals surface area contributed by atoms with Gasteiger partial charge in [-0.15, -0.1) is 0 Å². The first-order chi connectivity index (χ1) is 6.12. The van der Waals surface area contributed by atoms with Crippen LogP contribution in [0.3, 0.4) is 0 Å². The number of hydrogen-bond acceptors (Lipinski definition) is 1. The maximum Gasteiger partial charge on any atom is 0.0907 e. The van der Waals surface area contributed by atoms with Crippen molar-refractivity contribution >= 4 is 27.5 Å². The van der Waals surface area contributed by atoms with Crippen molar-refractivity contribution in [1.82, 2.24) is 0 Å². The van der Waals surface area contributed by atoms with Crippen LogP contribution in [-0.2, 0) is 5.60 Å². The number of rotatable bonds is 1. The van der Waals surface area contributed by atoms with E-state index >= 15 is 0 Å². The predicted molar refractivity (Wildman–Crippen MR) is 56.9 cm³/mol. The zero-order valence-electron chi connectivity index (χ0n) is 7.06. The van der Waals surface area contributed by atoms with Crippen LogP contribution in [0.2, 0.25) is 5.02 Å². The van der Waals surface area contributed by atoms with Crippen molar-refractivity contribution in [1.29, 1.82) is 0 Å². The topological polar surface area (TPSA) is 20.2 Å². The van der Waals surface area contributed by atoms with E-state index in [-0.39, 0.29) is 0 Å². The second kappa shape index (κ2) is 3.26. The maximum absolute atomic E-state index is 10.1. The number of hydrogen-bond donors (Lipinski definition) is 1. The molecule has 3 heteroatoms. The Hall–Kier alpha value is -0.0500. The van der Waals surface area contributed by atoms with Crippen LogP contribution in [0, 0.1) is 0 Å². The fourth-order valence-corrected chi connectivity index (χ4v) is 2.70. The van der Waals surface area contributed by atoms with E-state index in [0.717, 1.165) is 29.3 Å². The van der Waals surface area contributed by atoms with Crippen LogP contribution in [0.1, 0.15) is 24.8 Å². The van der Waals surface area contributed by atoms with Gasteiger partial charge in [-0.05, 0) is 37.0 Å². The standard InChI is InChI=1S/C10H10BrClO/c11-9-6-7(12)2-3-8(9)10(13)4-1-5-10/h2-3,6,13H,1,4-5H2. The zero-order valence-corrected chi connectivity index (χ0v) is 9.40. The lowest BCUT2D eigenvalue weighted by Crippen LogP contribution is -2.33. The minimum Gasteiger partial charge on any atom is -0.385 e. The van der Waals surface area contributed by atoms with Gasteiger partial charge in [0.2, 0.25) is 0 Å². The van der Waals surface area contributed by atoms with Crippen LogP contribution < -0.4 is 0 Å². The number of halogens is 2. The van der Waals surface area contributed by atoms with Gasteiger partial charge in [-0.3, -0.25) is 0 Å². The van der Waals surface area contributed by atoms with Crippen molar-refractivity contribution in [3.63, 3.8) is 0 Å². The van der Waals surface area contributed by atoms with Gasteiger partial charge in [0.15, 0.2) is 0 Å². The molecule has 0 saturated heterocycles. The van der Waals surface area contributed by atoms with Gasteiger partial charge >= 0.3 is 0 Å². The highest BCUT2D eigenvalue weighted by atomic mass is 79.9. The fourth-order valence-electron chi connectivity index (χ4n) is 1.65. The summed E-state index contributed by atoms with van der Waals surface area (Å²) >= 11 is 9.23. The van der Waals surface area contributed by atoms with Crippen LogP contribution in [0.25, 0.3) is 0 Å². The molecule has 70 valence electrons. The third-order valence-corrected chi connectivity index (χ3v) is 3.50. The Morgan fingerprint density at radius 3 is 2.54 bits per heavy atom. The molecule has 13 heavy (non-hydrogen) atoms. The van der Waals surface area contributed by atoms with Gasteiger partial charge in [0.25, 0.3) is 0 Å². The molecule has 0 atom stereocenters. The van der Waals surface area contributed by atoms with E-state index in [1.807, 2.05) is 18.2 Å². The molecule has 0 radical (unpaired) electrons. The Balaban J connectivity index is 2.40. The molecule has 0 aromatic heterocycles. The summed E-state index contributed by atoms with van der Waals surface area (Å²) in [5, 5.41) is 10.8. The van der Waals surface area contributed by atoms with Crippen LogP contribution in [-0.4, -0.2) is 5.11 Å². The first-order valence-corrected chi connectivity index (χ1v) is 5.47. The first kappa shape index (κ1) is 9.50. The minimum atomic E-state index is -0.608. The predicted octanol–water partition coefficient (Wildman–Crippen LogP) is 3.47. The molecule has 2 rings (SSSR count). The average Bonchev–Trinajstić information content (AvgIpc) is 2.00. The van der Waals surface area contributed by atoms with Gasteiger partial charge in [-0.2, -0.15) is 0 Å². The minimum absolute atomic E-state index is 0.608. The molecule has 1 nitrogen and oxygen atoms in total. The van der Waals surface area contributed by atoms with Crippen molar-refractivity contribution in [2.75, 3.05) is 0 Å². The molecule has 1 aromatic rings. The summed E-state index contributed by atoms with van der Waals surface area (Å²) in [6.07, 6.45) is 2.81. The Morgan fingerprint density at radius 1 is 1.38 bits per heavy atom. The largest absolute Gasteiger partial charge is 0.385 e. The van der Waals surface area contributed by atoms with E-state index in [9.17, 15) is 5.11 Å². The van der Waals surface area contributed by atoms with Crippen LogP contribution >= 0.6 is 27.5 Å². The van der Waals surface area contributed by atoms with Crippen molar-refractivity contribution in [2.45, 2.75) is 24.9 Å². The van der Waals surface area contributed by atoms with Gasteiger partial charge in [-0.1, -0.05) is 33.6 Å². The molecule has 1 aliphatic rings. The van der Waals surface area contributed by atoms with Gasteiger partial charge in [0.05, 0.1) is 5.60 Å². The molecule has 1 fully saturated rings. The Bertz CT molecular complexity index is 334.